The summed E-state index contributed by atoms with van der Waals surface area (Å²) < 4.78 is 0. The molecule has 3 N–H and O–H groups in total. The molecule has 0 aliphatic rings. The number of aromatic carboxylic acids is 1. The molecule has 0 bridgehead atoms. The lowest BCUT2D eigenvalue weighted by Gasteiger charge is -2.03. The lowest BCUT2D eigenvalue weighted by Crippen LogP contribution is -1.99. The van der Waals surface area contributed by atoms with E-state index in [4.69, 9.17) is 10.8 Å². The van der Waals surface area contributed by atoms with Crippen LogP contribution in [0.1, 0.15) is 16.1 Å². The van der Waals surface area contributed by atoms with Gasteiger partial charge in [-0.3, -0.25) is 4.98 Å². The van der Waals surface area contributed by atoms with Gasteiger partial charge in [-0.2, -0.15) is 0 Å². The highest BCUT2D eigenvalue weighted by Gasteiger charge is 2.03. The van der Waals surface area contributed by atoms with E-state index >= 15 is 0 Å². The number of hydrogen-bond donors (Lipinski definition) is 2. The van der Waals surface area contributed by atoms with Crippen LogP contribution in [0.25, 0.3) is 11.1 Å². The largest absolute Gasteiger partial charge is 0.478 e. The Labute approximate surface area is 98.7 Å². The average Bonchev–Trinajstić information content (AvgIpc) is 2.39. The van der Waals surface area contributed by atoms with Crippen molar-refractivity contribution in [2.75, 3.05) is 0 Å². The van der Waals surface area contributed by atoms with Gasteiger partial charge < -0.3 is 10.8 Å². The second-order valence-electron chi connectivity index (χ2n) is 3.62. The highest BCUT2D eigenvalue weighted by molar-refractivity contribution is 5.88. The molecule has 0 fully saturated rings. The number of carboxylic acid groups (broad SMARTS) is 1. The van der Waals surface area contributed by atoms with E-state index in [1.807, 2.05) is 12.1 Å². The maximum atomic E-state index is 10.7. The molecule has 0 saturated heterocycles. The van der Waals surface area contributed by atoms with Crippen LogP contribution in [-0.2, 0) is 6.54 Å². The molecule has 0 spiro atoms. The molecule has 1 aromatic carbocycles. The molecule has 0 aliphatic heterocycles. The molecule has 0 radical (unpaired) electrons. The molecular formula is C13H12N2O2. The van der Waals surface area contributed by atoms with E-state index in [1.54, 1.807) is 30.5 Å². The van der Waals surface area contributed by atoms with E-state index in [0.717, 1.165) is 16.8 Å². The van der Waals surface area contributed by atoms with Crippen LogP contribution in [0.5, 0.6) is 0 Å². The molecule has 0 atom stereocenters. The van der Waals surface area contributed by atoms with Crippen molar-refractivity contribution in [3.8, 4) is 11.1 Å². The first kappa shape index (κ1) is 11.3. The fourth-order valence-electron chi connectivity index (χ4n) is 1.57. The number of hydrogen-bond acceptors (Lipinski definition) is 3. The summed E-state index contributed by atoms with van der Waals surface area (Å²) in [6.45, 7) is 0.390. The maximum absolute atomic E-state index is 10.7. The van der Waals surface area contributed by atoms with E-state index < -0.39 is 5.97 Å². The Hall–Kier alpha value is -2.20. The highest BCUT2D eigenvalue weighted by Crippen LogP contribution is 2.19. The van der Waals surface area contributed by atoms with Gasteiger partial charge in [-0.1, -0.05) is 12.1 Å². The summed E-state index contributed by atoms with van der Waals surface area (Å²) in [7, 11) is 0. The van der Waals surface area contributed by atoms with E-state index in [2.05, 4.69) is 4.98 Å². The molecule has 86 valence electrons. The SMILES string of the molecule is NCc1cc(-c2ccc(C(=O)O)cc2)ccn1. The van der Waals surface area contributed by atoms with Crippen LogP contribution in [0.2, 0.25) is 0 Å². The van der Waals surface area contributed by atoms with Gasteiger partial charge in [0.15, 0.2) is 0 Å². The Balaban J connectivity index is 2.36. The van der Waals surface area contributed by atoms with Crippen molar-refractivity contribution in [1.82, 2.24) is 4.98 Å². The zero-order chi connectivity index (χ0) is 12.3. The second kappa shape index (κ2) is 4.76. The van der Waals surface area contributed by atoms with Gasteiger partial charge in [0.25, 0.3) is 0 Å². The molecule has 1 aromatic heterocycles. The molecular weight excluding hydrogens is 216 g/mol. The first-order valence-corrected chi connectivity index (χ1v) is 5.19. The van der Waals surface area contributed by atoms with Gasteiger partial charge in [-0.05, 0) is 35.4 Å². The molecule has 0 aliphatic carbocycles. The Bertz CT molecular complexity index is 535. The Kier molecular flexibility index (Phi) is 3.16. The molecule has 2 rings (SSSR count). The number of carboxylic acids is 1. The van der Waals surface area contributed by atoms with E-state index in [9.17, 15) is 4.79 Å². The van der Waals surface area contributed by atoms with Gasteiger partial charge in [0.2, 0.25) is 0 Å². The van der Waals surface area contributed by atoms with Gasteiger partial charge in [0.1, 0.15) is 0 Å². The van der Waals surface area contributed by atoms with E-state index in [1.165, 1.54) is 0 Å². The average molecular weight is 228 g/mol. The van der Waals surface area contributed by atoms with Crippen molar-refractivity contribution in [2.24, 2.45) is 5.73 Å². The third-order valence-corrected chi connectivity index (χ3v) is 2.49. The van der Waals surface area contributed by atoms with Crippen molar-refractivity contribution >= 4 is 5.97 Å². The first-order valence-electron chi connectivity index (χ1n) is 5.19. The minimum atomic E-state index is -0.922. The standard InChI is InChI=1S/C13H12N2O2/c14-8-12-7-11(5-6-15-12)9-1-3-10(4-2-9)13(16)17/h1-7H,8,14H2,(H,16,17). The summed E-state index contributed by atoms with van der Waals surface area (Å²) in [6, 6.07) is 10.5. The lowest BCUT2D eigenvalue weighted by atomic mass is 10.0. The number of pyridine rings is 1. The number of benzene rings is 1. The number of carbonyl (C=O) groups is 1. The molecule has 4 heteroatoms. The number of nitrogens with two attached hydrogens (primary N) is 1. The Morgan fingerprint density at radius 1 is 1.18 bits per heavy atom. The van der Waals surface area contributed by atoms with Crippen LogP contribution < -0.4 is 5.73 Å². The van der Waals surface area contributed by atoms with Crippen molar-refractivity contribution in [3.63, 3.8) is 0 Å². The molecule has 0 saturated carbocycles. The summed E-state index contributed by atoms with van der Waals surface area (Å²) >= 11 is 0. The quantitative estimate of drug-likeness (QED) is 0.841. The number of nitrogens with zero attached hydrogens (tertiary/aromatic N) is 1. The molecule has 0 unspecified atom stereocenters. The van der Waals surface area contributed by atoms with Crippen LogP contribution >= 0.6 is 0 Å². The zero-order valence-corrected chi connectivity index (χ0v) is 9.13. The summed E-state index contributed by atoms with van der Waals surface area (Å²) in [5.74, 6) is -0.922. The molecule has 4 nitrogen and oxygen atoms in total. The van der Waals surface area contributed by atoms with Gasteiger partial charge in [-0.25, -0.2) is 4.79 Å². The van der Waals surface area contributed by atoms with Gasteiger partial charge in [0.05, 0.1) is 11.3 Å². The van der Waals surface area contributed by atoms with Gasteiger partial charge >= 0.3 is 5.97 Å². The smallest absolute Gasteiger partial charge is 0.335 e. The first-order chi connectivity index (χ1) is 8.20. The Morgan fingerprint density at radius 2 is 1.88 bits per heavy atom. The molecule has 17 heavy (non-hydrogen) atoms. The monoisotopic (exact) mass is 228 g/mol. The fourth-order valence-corrected chi connectivity index (χ4v) is 1.57. The highest BCUT2D eigenvalue weighted by atomic mass is 16.4. The molecule has 2 aromatic rings. The predicted octanol–water partition coefficient (Wildman–Crippen LogP) is 1.91. The van der Waals surface area contributed by atoms with Crippen LogP contribution in [0, 0.1) is 0 Å². The van der Waals surface area contributed by atoms with Crippen molar-refractivity contribution < 1.29 is 9.90 Å². The number of aromatic nitrogens is 1. The van der Waals surface area contributed by atoms with Crippen LogP contribution in [-0.4, -0.2) is 16.1 Å². The minimum absolute atomic E-state index is 0.279. The zero-order valence-electron chi connectivity index (χ0n) is 9.13. The summed E-state index contributed by atoms with van der Waals surface area (Å²) in [6.07, 6.45) is 1.70. The van der Waals surface area contributed by atoms with E-state index in [-0.39, 0.29) is 5.56 Å². The van der Waals surface area contributed by atoms with Gasteiger partial charge in [0, 0.05) is 12.7 Å². The third kappa shape index (κ3) is 2.49. The van der Waals surface area contributed by atoms with Crippen LogP contribution in [0.3, 0.4) is 0 Å². The fraction of sp³-hybridized carbons (Fsp3) is 0.0769. The normalized spacial score (nSPS) is 10.2. The Morgan fingerprint density at radius 3 is 2.47 bits per heavy atom. The third-order valence-electron chi connectivity index (χ3n) is 2.49. The van der Waals surface area contributed by atoms with Crippen LogP contribution in [0.4, 0.5) is 0 Å². The molecule has 1 heterocycles. The lowest BCUT2D eigenvalue weighted by molar-refractivity contribution is 0.0697. The van der Waals surface area contributed by atoms with Crippen LogP contribution in [0.15, 0.2) is 42.6 Å². The van der Waals surface area contributed by atoms with Crippen molar-refractivity contribution in [2.45, 2.75) is 6.54 Å². The topological polar surface area (TPSA) is 76.2 Å². The second-order valence-corrected chi connectivity index (χ2v) is 3.62. The molecule has 0 amide bonds. The predicted molar refractivity (Wildman–Crippen MR) is 64.5 cm³/mol. The maximum Gasteiger partial charge on any atom is 0.335 e. The summed E-state index contributed by atoms with van der Waals surface area (Å²) in [4.78, 5) is 14.8. The summed E-state index contributed by atoms with van der Waals surface area (Å²) in [5.41, 5.74) is 8.54. The van der Waals surface area contributed by atoms with Crippen molar-refractivity contribution in [1.29, 1.82) is 0 Å². The number of rotatable bonds is 3. The minimum Gasteiger partial charge on any atom is -0.478 e. The summed E-state index contributed by atoms with van der Waals surface area (Å²) in [5, 5.41) is 8.80. The van der Waals surface area contributed by atoms with E-state index in [0.29, 0.717) is 6.54 Å². The van der Waals surface area contributed by atoms with Gasteiger partial charge in [-0.15, -0.1) is 0 Å². The van der Waals surface area contributed by atoms with Crippen molar-refractivity contribution in [3.05, 3.63) is 53.9 Å².